The van der Waals surface area contributed by atoms with E-state index in [-0.39, 0.29) is 28.5 Å². The molecule has 23 heavy (non-hydrogen) atoms. The third kappa shape index (κ3) is 3.65. The molecule has 1 aliphatic carbocycles. The van der Waals surface area contributed by atoms with Gasteiger partial charge in [0.2, 0.25) is 5.91 Å². The highest BCUT2D eigenvalue weighted by molar-refractivity contribution is 9.10. The van der Waals surface area contributed by atoms with Gasteiger partial charge in [-0.05, 0) is 31.4 Å². The maximum atomic E-state index is 12.4. The maximum Gasteiger partial charge on any atom is 0.293 e. The van der Waals surface area contributed by atoms with Gasteiger partial charge < -0.3 is 10.2 Å². The van der Waals surface area contributed by atoms with Crippen LogP contribution in [0.15, 0.2) is 22.7 Å². The van der Waals surface area contributed by atoms with E-state index in [2.05, 4.69) is 21.2 Å². The van der Waals surface area contributed by atoms with Gasteiger partial charge in [0.05, 0.1) is 4.92 Å². The molecule has 1 unspecified atom stereocenters. The normalized spacial score (nSPS) is 21.6. The second kappa shape index (κ2) is 6.86. The fourth-order valence-corrected chi connectivity index (χ4v) is 3.86. The SMILES string of the molecule is O=C(C1CCCC1)N1CCC(Nc2ccc(Br)cc2[N+](=O)[O-])C1. The lowest BCUT2D eigenvalue weighted by atomic mass is 10.1. The average Bonchev–Trinajstić information content (AvgIpc) is 3.19. The number of amides is 1. The van der Waals surface area contributed by atoms with Crippen molar-refractivity contribution in [3.63, 3.8) is 0 Å². The molecule has 0 spiro atoms. The number of nitrogens with one attached hydrogen (secondary N) is 1. The molecule has 1 N–H and O–H groups in total. The molecule has 0 radical (unpaired) electrons. The number of benzene rings is 1. The van der Waals surface area contributed by atoms with Gasteiger partial charge in [0, 0.05) is 35.6 Å². The van der Waals surface area contributed by atoms with Crippen LogP contribution in [0.2, 0.25) is 0 Å². The van der Waals surface area contributed by atoms with Crippen molar-refractivity contribution in [1.29, 1.82) is 0 Å². The summed E-state index contributed by atoms with van der Waals surface area (Å²) in [6, 6.07) is 5.06. The zero-order valence-electron chi connectivity index (χ0n) is 12.8. The van der Waals surface area contributed by atoms with E-state index in [4.69, 9.17) is 0 Å². The summed E-state index contributed by atoms with van der Waals surface area (Å²) in [5.41, 5.74) is 0.568. The summed E-state index contributed by atoms with van der Waals surface area (Å²) >= 11 is 3.26. The number of hydrogen-bond donors (Lipinski definition) is 1. The predicted molar refractivity (Wildman–Crippen MR) is 91.4 cm³/mol. The molecule has 2 fully saturated rings. The highest BCUT2D eigenvalue weighted by atomic mass is 79.9. The topological polar surface area (TPSA) is 75.5 Å². The molecule has 1 heterocycles. The van der Waals surface area contributed by atoms with Crippen molar-refractivity contribution in [3.8, 4) is 0 Å². The quantitative estimate of drug-likeness (QED) is 0.638. The summed E-state index contributed by atoms with van der Waals surface area (Å²) < 4.78 is 0.680. The largest absolute Gasteiger partial charge is 0.375 e. The molecule has 1 amide bonds. The Morgan fingerprint density at radius 1 is 1.30 bits per heavy atom. The zero-order valence-corrected chi connectivity index (χ0v) is 14.4. The first kappa shape index (κ1) is 16.2. The predicted octanol–water partition coefficient (Wildman–Crippen LogP) is 3.56. The van der Waals surface area contributed by atoms with Gasteiger partial charge in [0.15, 0.2) is 0 Å². The van der Waals surface area contributed by atoms with Crippen LogP contribution in [0.3, 0.4) is 0 Å². The smallest absolute Gasteiger partial charge is 0.293 e. The minimum absolute atomic E-state index is 0.0555. The fourth-order valence-electron chi connectivity index (χ4n) is 3.51. The lowest BCUT2D eigenvalue weighted by molar-refractivity contribution is -0.384. The van der Waals surface area contributed by atoms with Crippen LogP contribution in [0.25, 0.3) is 0 Å². The number of nitro benzene ring substituents is 1. The third-order valence-corrected chi connectivity index (χ3v) is 5.21. The van der Waals surface area contributed by atoms with Crippen molar-refractivity contribution in [3.05, 3.63) is 32.8 Å². The number of hydrogen-bond acceptors (Lipinski definition) is 4. The van der Waals surface area contributed by atoms with E-state index in [1.54, 1.807) is 12.1 Å². The number of likely N-dealkylation sites (tertiary alicyclic amines) is 1. The molecule has 2 aliphatic rings. The Bertz CT molecular complexity index is 617. The Labute approximate surface area is 143 Å². The Balaban J connectivity index is 1.64. The van der Waals surface area contributed by atoms with E-state index in [0.717, 1.165) is 38.6 Å². The molecule has 1 saturated heterocycles. The van der Waals surface area contributed by atoms with Gasteiger partial charge in [0.1, 0.15) is 5.69 Å². The first-order chi connectivity index (χ1) is 11.0. The van der Waals surface area contributed by atoms with E-state index in [1.165, 1.54) is 6.07 Å². The second-order valence-corrected chi connectivity index (χ2v) is 7.23. The molecule has 0 aromatic heterocycles. The van der Waals surface area contributed by atoms with Crippen molar-refractivity contribution in [2.24, 2.45) is 5.92 Å². The number of nitro groups is 1. The summed E-state index contributed by atoms with van der Waals surface area (Å²) in [5.74, 6) is 0.452. The van der Waals surface area contributed by atoms with Crippen molar-refractivity contribution in [1.82, 2.24) is 4.90 Å². The van der Waals surface area contributed by atoms with Gasteiger partial charge in [0.25, 0.3) is 5.69 Å². The van der Waals surface area contributed by atoms with Crippen LogP contribution in [0.5, 0.6) is 0 Å². The third-order valence-electron chi connectivity index (χ3n) is 4.72. The van der Waals surface area contributed by atoms with Gasteiger partial charge in [-0.2, -0.15) is 0 Å². The van der Waals surface area contributed by atoms with Gasteiger partial charge >= 0.3 is 0 Å². The molecular formula is C16H20BrN3O3. The maximum absolute atomic E-state index is 12.4. The number of carbonyl (C=O) groups is 1. The first-order valence-electron chi connectivity index (χ1n) is 8.04. The average molecular weight is 382 g/mol. The van der Waals surface area contributed by atoms with Crippen molar-refractivity contribution >= 4 is 33.2 Å². The monoisotopic (exact) mass is 381 g/mol. The highest BCUT2D eigenvalue weighted by Gasteiger charge is 2.32. The minimum Gasteiger partial charge on any atom is -0.375 e. The standard InChI is InChI=1S/C16H20BrN3O3/c17-12-5-6-14(15(9-12)20(22)23)18-13-7-8-19(10-13)16(21)11-3-1-2-4-11/h5-6,9,11,13,18H,1-4,7-8,10H2. The van der Waals surface area contributed by atoms with Crippen molar-refractivity contribution < 1.29 is 9.72 Å². The van der Waals surface area contributed by atoms with Crippen LogP contribution in [0.4, 0.5) is 11.4 Å². The fraction of sp³-hybridized carbons (Fsp3) is 0.562. The summed E-state index contributed by atoms with van der Waals surface area (Å²) in [6.07, 6.45) is 5.14. The number of nitrogens with zero attached hydrogens (tertiary/aromatic N) is 2. The number of rotatable bonds is 4. The lowest BCUT2D eigenvalue weighted by Gasteiger charge is -2.21. The molecule has 6 nitrogen and oxygen atoms in total. The van der Waals surface area contributed by atoms with Crippen molar-refractivity contribution in [2.75, 3.05) is 18.4 Å². The van der Waals surface area contributed by atoms with Crippen LogP contribution in [-0.2, 0) is 4.79 Å². The van der Waals surface area contributed by atoms with E-state index < -0.39 is 0 Å². The van der Waals surface area contributed by atoms with Crippen molar-refractivity contribution in [2.45, 2.75) is 38.1 Å². The van der Waals surface area contributed by atoms with Crippen LogP contribution < -0.4 is 5.32 Å². The van der Waals surface area contributed by atoms with Crippen LogP contribution in [0.1, 0.15) is 32.1 Å². The number of anilines is 1. The highest BCUT2D eigenvalue weighted by Crippen LogP contribution is 2.31. The molecule has 124 valence electrons. The van der Waals surface area contributed by atoms with Crippen LogP contribution in [-0.4, -0.2) is 34.9 Å². The second-order valence-electron chi connectivity index (χ2n) is 6.31. The molecule has 1 saturated carbocycles. The van der Waals surface area contributed by atoms with Gasteiger partial charge in [-0.25, -0.2) is 0 Å². The summed E-state index contributed by atoms with van der Waals surface area (Å²) in [7, 11) is 0. The van der Waals surface area contributed by atoms with E-state index in [1.807, 2.05) is 4.90 Å². The van der Waals surface area contributed by atoms with E-state index in [0.29, 0.717) is 16.7 Å². The Hall–Kier alpha value is -1.63. The van der Waals surface area contributed by atoms with Gasteiger partial charge in [-0.15, -0.1) is 0 Å². The Morgan fingerprint density at radius 2 is 2.04 bits per heavy atom. The molecular weight excluding hydrogens is 362 g/mol. The van der Waals surface area contributed by atoms with E-state index in [9.17, 15) is 14.9 Å². The minimum atomic E-state index is -0.385. The molecule has 1 aromatic carbocycles. The van der Waals surface area contributed by atoms with Crippen LogP contribution in [0, 0.1) is 16.0 Å². The summed E-state index contributed by atoms with van der Waals surface area (Å²) in [6.45, 7) is 1.36. The molecule has 1 aromatic rings. The Morgan fingerprint density at radius 3 is 2.74 bits per heavy atom. The molecule has 1 aliphatic heterocycles. The summed E-state index contributed by atoms with van der Waals surface area (Å²) in [5, 5.41) is 14.4. The lowest BCUT2D eigenvalue weighted by Crippen LogP contribution is -2.35. The number of halogens is 1. The number of carbonyl (C=O) groups excluding carboxylic acids is 1. The Kier molecular flexibility index (Phi) is 4.84. The van der Waals surface area contributed by atoms with Crippen LogP contribution >= 0.6 is 15.9 Å². The molecule has 3 rings (SSSR count). The summed E-state index contributed by atoms with van der Waals surface area (Å²) in [4.78, 5) is 25.2. The first-order valence-corrected chi connectivity index (χ1v) is 8.83. The molecule has 7 heteroatoms. The van der Waals surface area contributed by atoms with Gasteiger partial charge in [-0.1, -0.05) is 28.8 Å². The molecule has 1 atom stereocenters. The molecule has 0 bridgehead atoms. The van der Waals surface area contributed by atoms with Gasteiger partial charge in [-0.3, -0.25) is 14.9 Å². The van der Waals surface area contributed by atoms with E-state index >= 15 is 0 Å². The zero-order chi connectivity index (χ0) is 16.4.